The molecule has 4 heteroatoms. The van der Waals surface area contributed by atoms with Gasteiger partial charge >= 0.3 is 5.97 Å². The van der Waals surface area contributed by atoms with E-state index in [-0.39, 0.29) is 5.97 Å². The van der Waals surface area contributed by atoms with E-state index in [1.807, 2.05) is 36.6 Å². The third-order valence-electron chi connectivity index (χ3n) is 2.82. The summed E-state index contributed by atoms with van der Waals surface area (Å²) < 4.78 is 4.85. The van der Waals surface area contributed by atoms with E-state index in [2.05, 4.69) is 4.98 Å². The quantitative estimate of drug-likeness (QED) is 0.489. The normalized spacial score (nSPS) is 11.2. The Hall–Kier alpha value is -2.07. The molecule has 0 saturated heterocycles. The number of hydrogen-bond donors (Lipinski definition) is 0. The second-order valence-corrected chi connectivity index (χ2v) is 4.94. The van der Waals surface area contributed by atoms with Gasteiger partial charge in [-0.25, -0.2) is 4.79 Å². The number of carbonyl (C=O) groups excluding carboxylic acids is 1. The van der Waals surface area contributed by atoms with Crippen molar-refractivity contribution in [1.82, 2.24) is 4.98 Å². The molecule has 0 fully saturated rings. The molecule has 102 valence electrons. The van der Waals surface area contributed by atoms with Crippen LogP contribution in [0.15, 0.2) is 53.7 Å². The first kappa shape index (κ1) is 14.3. The van der Waals surface area contributed by atoms with Gasteiger partial charge < -0.3 is 4.74 Å². The summed E-state index contributed by atoms with van der Waals surface area (Å²) in [5.74, 6) is -0.356. The van der Waals surface area contributed by atoms with Crippen LogP contribution in [-0.4, -0.2) is 24.3 Å². The van der Waals surface area contributed by atoms with E-state index in [4.69, 9.17) is 4.74 Å². The number of hydrogen-bond acceptors (Lipinski definition) is 4. The summed E-state index contributed by atoms with van der Waals surface area (Å²) >= 11 is 1.68. The van der Waals surface area contributed by atoms with Crippen molar-refractivity contribution < 1.29 is 9.53 Å². The molecule has 0 N–H and O–H groups in total. The standard InChI is InChI=1S/C16H15NO2S/c1-19-16(18)15(13-7-9-17-10-8-13)11-12-3-5-14(20-2)6-4-12/h3-11H,1-2H3. The van der Waals surface area contributed by atoms with E-state index in [0.717, 1.165) is 11.1 Å². The Morgan fingerprint density at radius 1 is 1.15 bits per heavy atom. The van der Waals surface area contributed by atoms with Crippen LogP contribution in [0.25, 0.3) is 11.6 Å². The van der Waals surface area contributed by atoms with Crippen LogP contribution in [0.1, 0.15) is 11.1 Å². The van der Waals surface area contributed by atoms with Gasteiger partial charge in [-0.2, -0.15) is 0 Å². The summed E-state index contributed by atoms with van der Waals surface area (Å²) in [6, 6.07) is 11.6. The highest BCUT2D eigenvalue weighted by atomic mass is 32.2. The van der Waals surface area contributed by atoms with Gasteiger partial charge in [0, 0.05) is 17.3 Å². The maximum Gasteiger partial charge on any atom is 0.338 e. The van der Waals surface area contributed by atoms with Gasteiger partial charge in [-0.3, -0.25) is 4.98 Å². The van der Waals surface area contributed by atoms with Gasteiger partial charge in [0.15, 0.2) is 0 Å². The van der Waals surface area contributed by atoms with Crippen LogP contribution in [0.3, 0.4) is 0 Å². The van der Waals surface area contributed by atoms with Crippen LogP contribution in [0, 0.1) is 0 Å². The second kappa shape index (κ2) is 6.91. The first-order valence-electron chi connectivity index (χ1n) is 6.09. The molecular formula is C16H15NO2S. The minimum absolute atomic E-state index is 0.356. The molecule has 0 aliphatic rings. The van der Waals surface area contributed by atoms with E-state index in [9.17, 15) is 4.79 Å². The molecule has 0 saturated carbocycles. The number of methoxy groups -OCH3 is 1. The summed E-state index contributed by atoms with van der Waals surface area (Å²) in [4.78, 5) is 17.1. The van der Waals surface area contributed by atoms with Crippen molar-refractivity contribution >= 4 is 29.4 Å². The molecule has 1 aromatic carbocycles. The van der Waals surface area contributed by atoms with Crippen LogP contribution < -0.4 is 0 Å². The maximum absolute atomic E-state index is 11.9. The highest BCUT2D eigenvalue weighted by molar-refractivity contribution is 7.98. The van der Waals surface area contributed by atoms with E-state index < -0.39 is 0 Å². The predicted octanol–water partition coefficient (Wildman–Crippen LogP) is 3.52. The third-order valence-corrected chi connectivity index (χ3v) is 3.57. The number of ether oxygens (including phenoxy) is 1. The summed E-state index contributed by atoms with van der Waals surface area (Å²) in [5, 5.41) is 0. The monoisotopic (exact) mass is 285 g/mol. The molecular weight excluding hydrogens is 270 g/mol. The fourth-order valence-electron chi connectivity index (χ4n) is 1.77. The molecule has 0 aliphatic heterocycles. The molecule has 3 nitrogen and oxygen atoms in total. The number of nitrogens with zero attached hydrogens (tertiary/aromatic N) is 1. The largest absolute Gasteiger partial charge is 0.465 e. The van der Waals surface area contributed by atoms with Crippen molar-refractivity contribution in [1.29, 1.82) is 0 Å². The lowest BCUT2D eigenvalue weighted by atomic mass is 10.0. The topological polar surface area (TPSA) is 39.2 Å². The summed E-state index contributed by atoms with van der Waals surface area (Å²) in [5.41, 5.74) is 2.27. The van der Waals surface area contributed by atoms with Crippen molar-refractivity contribution in [3.63, 3.8) is 0 Å². The molecule has 0 amide bonds. The molecule has 0 radical (unpaired) electrons. The van der Waals surface area contributed by atoms with Gasteiger partial charge in [-0.05, 0) is 47.7 Å². The lowest BCUT2D eigenvalue weighted by Gasteiger charge is -2.06. The number of pyridine rings is 1. The summed E-state index contributed by atoms with van der Waals surface area (Å²) in [6.07, 6.45) is 7.17. The predicted molar refractivity (Wildman–Crippen MR) is 82.3 cm³/mol. The Morgan fingerprint density at radius 2 is 1.80 bits per heavy atom. The van der Waals surface area contributed by atoms with Crippen molar-refractivity contribution in [2.45, 2.75) is 4.90 Å². The van der Waals surface area contributed by atoms with E-state index in [0.29, 0.717) is 5.57 Å². The van der Waals surface area contributed by atoms with E-state index >= 15 is 0 Å². The van der Waals surface area contributed by atoms with Gasteiger partial charge in [0.1, 0.15) is 0 Å². The fraction of sp³-hybridized carbons (Fsp3) is 0.125. The average Bonchev–Trinajstić information content (AvgIpc) is 2.53. The number of carbonyl (C=O) groups is 1. The van der Waals surface area contributed by atoms with Crippen molar-refractivity contribution in [2.75, 3.05) is 13.4 Å². The van der Waals surface area contributed by atoms with Gasteiger partial charge in [0.05, 0.1) is 12.7 Å². The van der Waals surface area contributed by atoms with Crippen molar-refractivity contribution in [3.05, 3.63) is 59.9 Å². The molecule has 0 spiro atoms. The molecule has 2 aromatic rings. The lowest BCUT2D eigenvalue weighted by Crippen LogP contribution is -2.03. The van der Waals surface area contributed by atoms with E-state index in [1.54, 1.807) is 36.3 Å². The van der Waals surface area contributed by atoms with Crippen molar-refractivity contribution in [2.24, 2.45) is 0 Å². The molecule has 0 unspecified atom stereocenters. The second-order valence-electron chi connectivity index (χ2n) is 4.06. The highest BCUT2D eigenvalue weighted by Gasteiger charge is 2.12. The summed E-state index contributed by atoms with van der Waals surface area (Å²) in [7, 11) is 1.38. The van der Waals surface area contributed by atoms with Crippen LogP contribution in [0.5, 0.6) is 0 Å². The average molecular weight is 285 g/mol. The highest BCUT2D eigenvalue weighted by Crippen LogP contribution is 2.21. The lowest BCUT2D eigenvalue weighted by molar-refractivity contribution is -0.133. The molecule has 1 aromatic heterocycles. The molecule has 1 heterocycles. The number of esters is 1. The smallest absolute Gasteiger partial charge is 0.338 e. The van der Waals surface area contributed by atoms with Crippen molar-refractivity contribution in [3.8, 4) is 0 Å². The zero-order valence-electron chi connectivity index (χ0n) is 11.4. The molecule has 0 bridgehead atoms. The van der Waals surface area contributed by atoms with Crippen LogP contribution >= 0.6 is 11.8 Å². The Labute approximate surface area is 122 Å². The zero-order valence-corrected chi connectivity index (χ0v) is 12.2. The molecule has 0 atom stereocenters. The van der Waals surface area contributed by atoms with Gasteiger partial charge in [-0.15, -0.1) is 11.8 Å². The number of benzene rings is 1. The minimum Gasteiger partial charge on any atom is -0.465 e. The number of thioether (sulfide) groups is 1. The Bertz CT molecular complexity index is 606. The first-order chi connectivity index (χ1) is 9.74. The fourth-order valence-corrected chi connectivity index (χ4v) is 2.18. The minimum atomic E-state index is -0.356. The Morgan fingerprint density at radius 3 is 2.35 bits per heavy atom. The van der Waals surface area contributed by atoms with Crippen LogP contribution in [-0.2, 0) is 9.53 Å². The SMILES string of the molecule is COC(=O)C(=Cc1ccc(SC)cc1)c1ccncc1. The number of rotatable bonds is 4. The van der Waals surface area contributed by atoms with Gasteiger partial charge in [0.2, 0.25) is 0 Å². The Balaban J connectivity index is 2.40. The number of aromatic nitrogens is 1. The van der Waals surface area contributed by atoms with Gasteiger partial charge in [0.25, 0.3) is 0 Å². The first-order valence-corrected chi connectivity index (χ1v) is 7.31. The maximum atomic E-state index is 11.9. The zero-order chi connectivity index (χ0) is 14.4. The molecule has 0 aliphatic carbocycles. The van der Waals surface area contributed by atoms with E-state index in [1.165, 1.54) is 12.0 Å². The molecule has 2 rings (SSSR count). The molecule has 20 heavy (non-hydrogen) atoms. The van der Waals surface area contributed by atoms with Gasteiger partial charge in [-0.1, -0.05) is 12.1 Å². The third kappa shape index (κ3) is 3.48. The summed E-state index contributed by atoms with van der Waals surface area (Å²) in [6.45, 7) is 0. The van der Waals surface area contributed by atoms with Crippen LogP contribution in [0.2, 0.25) is 0 Å². The Kier molecular flexibility index (Phi) is 4.96. The van der Waals surface area contributed by atoms with Crippen LogP contribution in [0.4, 0.5) is 0 Å².